The molecule has 0 aromatic heterocycles. The molecule has 1 aliphatic carbocycles. The van der Waals surface area contributed by atoms with Crippen LogP contribution in [0, 0.1) is 11.8 Å². The van der Waals surface area contributed by atoms with E-state index >= 15 is 0 Å². The van der Waals surface area contributed by atoms with E-state index in [4.69, 9.17) is 0 Å². The monoisotopic (exact) mass is 380 g/mol. The molecule has 1 rings (SSSR count). The molecule has 1 fully saturated rings. The van der Waals surface area contributed by atoms with Crippen LogP contribution in [0.4, 0.5) is 0 Å². The molecule has 0 heterocycles. The van der Waals surface area contributed by atoms with Crippen molar-refractivity contribution in [2.45, 2.75) is 77.1 Å². The van der Waals surface area contributed by atoms with Crippen LogP contribution in [-0.4, -0.2) is 46.7 Å². The van der Waals surface area contributed by atoms with Crippen molar-refractivity contribution in [2.75, 3.05) is 7.11 Å². The van der Waals surface area contributed by atoms with E-state index < -0.39 is 18.3 Å². The Balaban J connectivity index is 2.50. The Kier molecular flexibility index (Phi) is 11.3. The number of carbonyl (C=O) groups excluding carboxylic acids is 1. The fraction of sp³-hybridized carbons (Fsp3) is 0.682. The quantitative estimate of drug-likeness (QED) is 0.291. The fourth-order valence-corrected chi connectivity index (χ4v) is 3.55. The second-order valence-electron chi connectivity index (χ2n) is 7.32. The molecular formula is C22H36O5. The summed E-state index contributed by atoms with van der Waals surface area (Å²) in [6.07, 6.45) is 12.7. The molecule has 0 aromatic carbocycles. The Bertz CT molecular complexity index is 523. The van der Waals surface area contributed by atoms with Gasteiger partial charge < -0.3 is 20.1 Å². The van der Waals surface area contributed by atoms with Gasteiger partial charge >= 0.3 is 5.97 Å². The molecule has 154 valence electrons. The smallest absolute Gasteiger partial charge is 0.305 e. The number of ether oxygens (including phenoxy) is 1. The van der Waals surface area contributed by atoms with E-state index in [1.54, 1.807) is 0 Å². The largest absolute Gasteiger partial charge is 0.469 e. The summed E-state index contributed by atoms with van der Waals surface area (Å²) in [7, 11) is 1.39. The summed E-state index contributed by atoms with van der Waals surface area (Å²) in [6, 6.07) is 0. The first kappa shape index (κ1) is 23.6. The van der Waals surface area contributed by atoms with Gasteiger partial charge in [-0.25, -0.2) is 0 Å². The Morgan fingerprint density at radius 2 is 1.96 bits per heavy atom. The normalized spacial score (nSPS) is 27.6. The van der Waals surface area contributed by atoms with Crippen molar-refractivity contribution >= 4 is 5.97 Å². The van der Waals surface area contributed by atoms with Gasteiger partial charge in [-0.15, -0.1) is 0 Å². The predicted molar refractivity (Wildman–Crippen MR) is 107 cm³/mol. The van der Waals surface area contributed by atoms with Gasteiger partial charge in [0.1, 0.15) is 0 Å². The van der Waals surface area contributed by atoms with Crippen molar-refractivity contribution in [2.24, 2.45) is 11.8 Å². The number of unbranched alkanes of at least 4 members (excludes halogenated alkanes) is 1. The molecule has 1 aliphatic rings. The molecule has 5 heteroatoms. The Morgan fingerprint density at radius 3 is 2.63 bits per heavy atom. The second-order valence-corrected chi connectivity index (χ2v) is 7.32. The van der Waals surface area contributed by atoms with E-state index in [9.17, 15) is 20.1 Å². The number of aliphatic hydroxyl groups excluding tert-OH is 3. The highest BCUT2D eigenvalue weighted by Gasteiger charge is 2.39. The number of allylic oxidation sites excluding steroid dienone is 3. The number of rotatable bonds is 11. The number of methoxy groups -OCH3 is 1. The second kappa shape index (κ2) is 12.9. The molecule has 0 aromatic rings. The summed E-state index contributed by atoms with van der Waals surface area (Å²) in [6.45, 7) is 3.96. The molecule has 0 aliphatic heterocycles. The average Bonchev–Trinajstić information content (AvgIpc) is 2.90. The van der Waals surface area contributed by atoms with Gasteiger partial charge in [0.05, 0.1) is 25.4 Å². The molecule has 1 unspecified atom stereocenters. The maximum Gasteiger partial charge on any atom is 0.305 e. The van der Waals surface area contributed by atoms with Gasteiger partial charge in [-0.05, 0) is 50.5 Å². The lowest BCUT2D eigenvalue weighted by Crippen LogP contribution is -2.20. The highest BCUT2D eigenvalue weighted by Crippen LogP contribution is 2.36. The first-order chi connectivity index (χ1) is 12.9. The van der Waals surface area contributed by atoms with Crippen molar-refractivity contribution < 1.29 is 24.9 Å². The van der Waals surface area contributed by atoms with Crippen LogP contribution in [0.2, 0.25) is 0 Å². The van der Waals surface area contributed by atoms with Crippen LogP contribution in [0.3, 0.4) is 0 Å². The fourth-order valence-electron chi connectivity index (χ4n) is 3.55. The first-order valence-electron chi connectivity index (χ1n) is 10.00. The van der Waals surface area contributed by atoms with Crippen LogP contribution < -0.4 is 0 Å². The lowest BCUT2D eigenvalue weighted by atomic mass is 9.89. The summed E-state index contributed by atoms with van der Waals surface area (Å²) in [5.41, 5.74) is 0.959. The summed E-state index contributed by atoms with van der Waals surface area (Å²) in [4.78, 5) is 11.1. The number of hydrogen-bond donors (Lipinski definition) is 3. The van der Waals surface area contributed by atoms with E-state index in [1.807, 2.05) is 44.2 Å². The van der Waals surface area contributed by atoms with E-state index in [0.717, 1.165) is 24.8 Å². The van der Waals surface area contributed by atoms with Crippen molar-refractivity contribution in [3.63, 3.8) is 0 Å². The lowest BCUT2D eigenvalue weighted by molar-refractivity contribution is -0.140. The molecule has 5 nitrogen and oxygen atoms in total. The Morgan fingerprint density at radius 1 is 1.22 bits per heavy atom. The van der Waals surface area contributed by atoms with E-state index in [1.165, 1.54) is 7.11 Å². The summed E-state index contributed by atoms with van der Waals surface area (Å²) >= 11 is 0. The van der Waals surface area contributed by atoms with Gasteiger partial charge in [0.15, 0.2) is 0 Å². The van der Waals surface area contributed by atoms with Gasteiger partial charge in [-0.2, -0.15) is 0 Å². The lowest BCUT2D eigenvalue weighted by Gasteiger charge is -2.19. The molecule has 0 bridgehead atoms. The molecule has 0 saturated heterocycles. The van der Waals surface area contributed by atoms with Gasteiger partial charge in [-0.3, -0.25) is 4.79 Å². The molecule has 27 heavy (non-hydrogen) atoms. The van der Waals surface area contributed by atoms with Crippen LogP contribution in [0.5, 0.6) is 0 Å². The van der Waals surface area contributed by atoms with Crippen molar-refractivity contribution in [1.82, 2.24) is 0 Å². The average molecular weight is 381 g/mol. The Labute approximate surface area is 163 Å². The summed E-state index contributed by atoms with van der Waals surface area (Å²) in [5.74, 6) is -0.339. The predicted octanol–water partition coefficient (Wildman–Crippen LogP) is 3.30. The number of hydrogen-bond acceptors (Lipinski definition) is 5. The maximum atomic E-state index is 11.1. The SMILES string of the molecule is CC/C=C(\C)C(O)C/C=C/[C@@H]1[C@@H](C/C=C\CCCC(=O)OC)[C@@H](O)C[C@H]1O. The third-order valence-electron chi connectivity index (χ3n) is 5.24. The topological polar surface area (TPSA) is 87.0 Å². The number of carbonyl (C=O) groups is 1. The van der Waals surface area contributed by atoms with Crippen LogP contribution >= 0.6 is 0 Å². The third kappa shape index (κ3) is 8.41. The molecular weight excluding hydrogens is 344 g/mol. The van der Waals surface area contributed by atoms with Gasteiger partial charge in [-0.1, -0.05) is 37.3 Å². The van der Waals surface area contributed by atoms with E-state index in [-0.39, 0.29) is 17.8 Å². The number of esters is 1. The number of aliphatic hydroxyl groups is 3. The van der Waals surface area contributed by atoms with E-state index in [0.29, 0.717) is 25.7 Å². The summed E-state index contributed by atoms with van der Waals surface area (Å²) in [5, 5.41) is 30.6. The highest BCUT2D eigenvalue weighted by atomic mass is 16.5. The van der Waals surface area contributed by atoms with Crippen molar-refractivity contribution in [1.29, 1.82) is 0 Å². The van der Waals surface area contributed by atoms with Crippen molar-refractivity contribution in [3.05, 3.63) is 36.0 Å². The van der Waals surface area contributed by atoms with Crippen LogP contribution in [-0.2, 0) is 9.53 Å². The van der Waals surface area contributed by atoms with Crippen LogP contribution in [0.15, 0.2) is 36.0 Å². The van der Waals surface area contributed by atoms with Gasteiger partial charge in [0.2, 0.25) is 0 Å². The standard InChI is InChI=1S/C22H36O5/c1-4-10-16(2)19(23)13-9-12-18-17(20(24)15-21(18)25)11-7-5-6-8-14-22(26)27-3/h5,7,9-10,12,17-21,23-25H,4,6,8,11,13-15H2,1-3H3/b7-5-,12-9+,16-10+/t17-,18-,19?,20+,21-/m1/s1. The molecule has 1 saturated carbocycles. The van der Waals surface area contributed by atoms with Gasteiger partial charge in [0, 0.05) is 18.8 Å². The van der Waals surface area contributed by atoms with Gasteiger partial charge in [0.25, 0.3) is 0 Å². The zero-order chi connectivity index (χ0) is 20.2. The third-order valence-corrected chi connectivity index (χ3v) is 5.24. The Hall–Kier alpha value is -1.43. The minimum atomic E-state index is -0.557. The molecule has 0 radical (unpaired) electrons. The molecule has 0 spiro atoms. The minimum Gasteiger partial charge on any atom is -0.469 e. The molecule has 3 N–H and O–H groups in total. The zero-order valence-electron chi connectivity index (χ0n) is 16.9. The van der Waals surface area contributed by atoms with E-state index in [2.05, 4.69) is 4.74 Å². The summed E-state index contributed by atoms with van der Waals surface area (Å²) < 4.78 is 4.61. The minimum absolute atomic E-state index is 0.0301. The van der Waals surface area contributed by atoms with Crippen LogP contribution in [0.25, 0.3) is 0 Å². The maximum absolute atomic E-state index is 11.1. The molecule has 0 amide bonds. The van der Waals surface area contributed by atoms with Crippen LogP contribution in [0.1, 0.15) is 58.8 Å². The van der Waals surface area contributed by atoms with Crippen molar-refractivity contribution in [3.8, 4) is 0 Å². The first-order valence-corrected chi connectivity index (χ1v) is 10.00. The molecule has 5 atom stereocenters. The highest BCUT2D eigenvalue weighted by molar-refractivity contribution is 5.69. The zero-order valence-corrected chi connectivity index (χ0v) is 16.9.